The number of amides is 3. The first kappa shape index (κ1) is 34.6. The average Bonchev–Trinajstić information content (AvgIpc) is 3.12. The number of nitrogens with zero attached hydrogens (tertiary/aromatic N) is 1. The molecule has 13 heteroatoms. The number of carboxylic acid groups (broad SMARTS) is 1. The van der Waals surface area contributed by atoms with E-state index in [1.165, 1.54) is 54.2 Å². The summed E-state index contributed by atoms with van der Waals surface area (Å²) in [5.41, 5.74) is 0.749. The fraction of sp³-hybridized carbons (Fsp3) is 0.0270. The van der Waals surface area contributed by atoms with Crippen LogP contribution in [0, 0.1) is 10.1 Å². The largest absolute Gasteiger partial charge is 0.507 e. The van der Waals surface area contributed by atoms with Gasteiger partial charge in [0.15, 0.2) is 0 Å². The van der Waals surface area contributed by atoms with Gasteiger partial charge in [-0.25, -0.2) is 4.79 Å². The van der Waals surface area contributed by atoms with Crippen LogP contribution in [0.25, 0.3) is 6.08 Å². The number of benzene rings is 5. The van der Waals surface area contributed by atoms with Crippen LogP contribution in [0.15, 0.2) is 138 Å². The molecule has 1 unspecified atom stereocenters. The highest BCUT2D eigenvalue weighted by atomic mass is 32.2. The number of carbonyl (C=O) groups is 4. The summed E-state index contributed by atoms with van der Waals surface area (Å²) in [4.78, 5) is 63.1. The van der Waals surface area contributed by atoms with Gasteiger partial charge in [-0.1, -0.05) is 60.7 Å². The quantitative estimate of drug-likeness (QED) is 0.0306. The minimum absolute atomic E-state index is 0.111. The SMILES string of the molecule is O=C(Nc1ccc(SC(C(=O)Nc2ccc(O)c(C(=O)O)c2)c2ccccc2)cc1)/C(=C/c1ccccc1[N+](=O)[O-])NC(=O)c1ccccc1. The lowest BCUT2D eigenvalue weighted by molar-refractivity contribution is -0.385. The van der Waals surface area contributed by atoms with Crippen LogP contribution in [0.2, 0.25) is 0 Å². The number of nitro benzene ring substituents is 1. The van der Waals surface area contributed by atoms with Gasteiger partial charge in [-0.2, -0.15) is 0 Å². The Kier molecular flexibility index (Phi) is 11.0. The molecule has 5 aromatic carbocycles. The number of hydrogen-bond donors (Lipinski definition) is 5. The zero-order valence-corrected chi connectivity index (χ0v) is 26.8. The van der Waals surface area contributed by atoms with Gasteiger partial charge < -0.3 is 26.2 Å². The molecule has 5 rings (SSSR count). The van der Waals surface area contributed by atoms with Crippen molar-refractivity contribution in [3.8, 4) is 5.75 Å². The van der Waals surface area contributed by atoms with E-state index in [1.54, 1.807) is 91.0 Å². The molecule has 5 aromatic rings. The number of nitro groups is 1. The minimum Gasteiger partial charge on any atom is -0.507 e. The molecule has 0 aliphatic rings. The monoisotopic (exact) mass is 688 g/mol. The summed E-state index contributed by atoms with van der Waals surface area (Å²) in [5, 5.41) is 38.0. The number of aromatic carboxylic acids is 1. The molecule has 50 heavy (non-hydrogen) atoms. The Bertz CT molecular complexity index is 2090. The van der Waals surface area contributed by atoms with E-state index in [-0.39, 0.29) is 33.8 Å². The van der Waals surface area contributed by atoms with Crippen LogP contribution >= 0.6 is 11.8 Å². The molecule has 0 aromatic heterocycles. The predicted octanol–water partition coefficient (Wildman–Crippen LogP) is 6.88. The summed E-state index contributed by atoms with van der Waals surface area (Å²) in [5.74, 6) is -3.54. The van der Waals surface area contributed by atoms with Crippen molar-refractivity contribution < 1.29 is 34.3 Å². The summed E-state index contributed by atoms with van der Waals surface area (Å²) in [6, 6.07) is 33.2. The maximum Gasteiger partial charge on any atom is 0.339 e. The lowest BCUT2D eigenvalue weighted by atomic mass is 10.1. The smallest absolute Gasteiger partial charge is 0.339 e. The lowest BCUT2D eigenvalue weighted by Gasteiger charge is -2.18. The third-order valence-corrected chi connectivity index (χ3v) is 8.43. The summed E-state index contributed by atoms with van der Waals surface area (Å²) < 4.78 is 0. The third kappa shape index (κ3) is 8.79. The molecule has 250 valence electrons. The molecule has 1 atom stereocenters. The number of hydrogen-bond acceptors (Lipinski definition) is 8. The Morgan fingerprint density at radius 2 is 1.38 bits per heavy atom. The number of phenols is 1. The second kappa shape index (κ2) is 15.9. The number of aromatic hydroxyl groups is 1. The lowest BCUT2D eigenvalue weighted by Crippen LogP contribution is -2.30. The highest BCUT2D eigenvalue weighted by Crippen LogP contribution is 2.37. The van der Waals surface area contributed by atoms with E-state index in [2.05, 4.69) is 16.0 Å². The molecule has 5 N–H and O–H groups in total. The molecule has 3 amide bonds. The van der Waals surface area contributed by atoms with Crippen LogP contribution in [-0.2, 0) is 9.59 Å². The van der Waals surface area contributed by atoms with Crippen molar-refractivity contribution in [1.82, 2.24) is 5.32 Å². The molecule has 0 saturated heterocycles. The fourth-order valence-corrected chi connectivity index (χ4v) is 5.74. The Balaban J connectivity index is 1.36. The summed E-state index contributed by atoms with van der Waals surface area (Å²) in [7, 11) is 0. The van der Waals surface area contributed by atoms with Crippen molar-refractivity contribution in [3.63, 3.8) is 0 Å². The number of carboxylic acids is 1. The number of carbonyl (C=O) groups excluding carboxylic acids is 3. The maximum atomic E-state index is 13.5. The van der Waals surface area contributed by atoms with Gasteiger partial charge in [0.25, 0.3) is 17.5 Å². The van der Waals surface area contributed by atoms with Crippen LogP contribution < -0.4 is 16.0 Å². The highest BCUT2D eigenvalue weighted by molar-refractivity contribution is 8.00. The molecule has 0 spiro atoms. The Labute approximate surface area is 289 Å². The van der Waals surface area contributed by atoms with E-state index in [9.17, 15) is 39.5 Å². The minimum atomic E-state index is -1.35. The Morgan fingerprint density at radius 3 is 2.04 bits per heavy atom. The predicted molar refractivity (Wildman–Crippen MR) is 189 cm³/mol. The second-order valence-electron chi connectivity index (χ2n) is 10.6. The van der Waals surface area contributed by atoms with Gasteiger partial charge in [-0.05, 0) is 72.3 Å². The summed E-state index contributed by atoms with van der Waals surface area (Å²) in [6.45, 7) is 0. The van der Waals surface area contributed by atoms with E-state index >= 15 is 0 Å². The zero-order valence-electron chi connectivity index (χ0n) is 26.0. The van der Waals surface area contributed by atoms with E-state index in [0.717, 1.165) is 0 Å². The molecular formula is C37H28N4O8S. The summed E-state index contributed by atoms with van der Waals surface area (Å²) in [6.07, 6.45) is 1.23. The Hall–Kier alpha value is -6.73. The molecule has 0 radical (unpaired) electrons. The molecule has 0 aliphatic carbocycles. The molecule has 0 fully saturated rings. The van der Waals surface area contributed by atoms with Crippen molar-refractivity contribution in [2.45, 2.75) is 10.1 Å². The zero-order chi connectivity index (χ0) is 35.6. The molecular weight excluding hydrogens is 660 g/mol. The van der Waals surface area contributed by atoms with E-state index in [0.29, 0.717) is 16.1 Å². The number of para-hydroxylation sites is 1. The third-order valence-electron chi connectivity index (χ3n) is 7.16. The standard InChI is InChI=1S/C37H28N4O8S/c42-32-20-17-27(22-29(32)37(46)47)39-36(45)33(23-9-3-1-4-10-23)50-28-18-15-26(16-19-28)38-35(44)30(40-34(43)24-11-5-2-6-12-24)21-25-13-7-8-14-31(25)41(48)49/h1-22,33,42H,(H,38,44)(H,39,45)(H,40,43)(H,46,47)/b30-21-. The van der Waals surface area contributed by atoms with E-state index < -0.39 is 39.6 Å². The molecule has 12 nitrogen and oxygen atoms in total. The first-order valence-electron chi connectivity index (χ1n) is 14.9. The van der Waals surface area contributed by atoms with Crippen LogP contribution in [0.4, 0.5) is 17.1 Å². The van der Waals surface area contributed by atoms with Crippen molar-refractivity contribution in [2.24, 2.45) is 0 Å². The highest BCUT2D eigenvalue weighted by Gasteiger charge is 2.24. The van der Waals surface area contributed by atoms with Gasteiger partial charge in [-0.15, -0.1) is 11.8 Å². The van der Waals surface area contributed by atoms with Gasteiger partial charge in [0, 0.05) is 27.9 Å². The van der Waals surface area contributed by atoms with Crippen LogP contribution in [0.5, 0.6) is 5.75 Å². The van der Waals surface area contributed by atoms with Crippen molar-refractivity contribution in [1.29, 1.82) is 0 Å². The number of nitrogens with one attached hydrogen (secondary N) is 3. The molecule has 0 saturated carbocycles. The molecule has 0 bridgehead atoms. The maximum absolute atomic E-state index is 13.5. The average molecular weight is 689 g/mol. The number of thioether (sulfide) groups is 1. The second-order valence-corrected chi connectivity index (χ2v) is 11.8. The van der Waals surface area contributed by atoms with Crippen LogP contribution in [-0.4, -0.2) is 38.8 Å². The van der Waals surface area contributed by atoms with Crippen molar-refractivity contribution in [2.75, 3.05) is 10.6 Å². The number of rotatable bonds is 12. The van der Waals surface area contributed by atoms with E-state index in [1.807, 2.05) is 0 Å². The molecule has 0 aliphatic heterocycles. The number of anilines is 2. The Morgan fingerprint density at radius 1 is 0.760 bits per heavy atom. The summed E-state index contributed by atoms with van der Waals surface area (Å²) >= 11 is 1.21. The topological polar surface area (TPSA) is 188 Å². The van der Waals surface area contributed by atoms with Crippen LogP contribution in [0.1, 0.15) is 37.1 Å². The van der Waals surface area contributed by atoms with Crippen molar-refractivity contribution >= 4 is 58.6 Å². The van der Waals surface area contributed by atoms with Gasteiger partial charge in [0.2, 0.25) is 5.91 Å². The van der Waals surface area contributed by atoms with Crippen LogP contribution in [0.3, 0.4) is 0 Å². The van der Waals surface area contributed by atoms with Gasteiger partial charge >= 0.3 is 5.97 Å². The van der Waals surface area contributed by atoms with Crippen molar-refractivity contribution in [3.05, 3.63) is 165 Å². The molecule has 0 heterocycles. The van der Waals surface area contributed by atoms with Gasteiger partial charge in [0.05, 0.1) is 10.5 Å². The normalized spacial score (nSPS) is 11.6. The first-order valence-corrected chi connectivity index (χ1v) is 15.8. The first-order chi connectivity index (χ1) is 24.1. The van der Waals surface area contributed by atoms with E-state index in [4.69, 9.17) is 0 Å². The van der Waals surface area contributed by atoms with Gasteiger partial charge in [0.1, 0.15) is 22.3 Å². The fourth-order valence-electron chi connectivity index (χ4n) is 4.72. The van der Waals surface area contributed by atoms with Gasteiger partial charge in [-0.3, -0.25) is 24.5 Å².